The topological polar surface area (TPSA) is 50.4 Å². The largest absolute Gasteiger partial charge is 0.377 e. The Balaban J connectivity index is 2.11. The van der Waals surface area contributed by atoms with Gasteiger partial charge in [-0.05, 0) is 33.6 Å². The van der Waals surface area contributed by atoms with Crippen LogP contribution in [0.2, 0.25) is 0 Å². The quantitative estimate of drug-likeness (QED) is 0.683. The van der Waals surface area contributed by atoms with E-state index >= 15 is 0 Å². The Hall–Kier alpha value is -0.610. The van der Waals surface area contributed by atoms with Crippen LogP contribution in [-0.4, -0.2) is 37.2 Å². The van der Waals surface area contributed by atoms with Gasteiger partial charge < -0.3 is 15.4 Å². The maximum absolute atomic E-state index is 11.9. The first-order chi connectivity index (χ1) is 8.59. The molecule has 1 rings (SSSR count). The fourth-order valence-corrected chi connectivity index (χ4v) is 2.24. The number of amides is 1. The van der Waals surface area contributed by atoms with Crippen molar-refractivity contribution in [3.8, 4) is 0 Å². The first-order valence-electron chi connectivity index (χ1n) is 7.25. The van der Waals surface area contributed by atoms with Crippen molar-refractivity contribution in [1.82, 2.24) is 10.6 Å². The average Bonchev–Trinajstić information content (AvgIpc) is 2.35. The summed E-state index contributed by atoms with van der Waals surface area (Å²) in [7, 11) is 0. The summed E-state index contributed by atoms with van der Waals surface area (Å²) in [4.78, 5) is 11.9. The summed E-state index contributed by atoms with van der Waals surface area (Å²) in [5, 5.41) is 6.32. The van der Waals surface area contributed by atoms with Gasteiger partial charge in [-0.2, -0.15) is 0 Å². The number of ether oxygens (including phenoxy) is 1. The first-order valence-corrected chi connectivity index (χ1v) is 7.25. The van der Waals surface area contributed by atoms with Crippen LogP contribution in [0.4, 0.5) is 0 Å². The Morgan fingerprint density at radius 2 is 1.89 bits per heavy atom. The third kappa shape index (κ3) is 6.36. The van der Waals surface area contributed by atoms with Crippen LogP contribution in [-0.2, 0) is 9.53 Å². The third-order valence-electron chi connectivity index (χ3n) is 3.35. The van der Waals surface area contributed by atoms with Gasteiger partial charge in [0.25, 0.3) is 0 Å². The molecule has 1 saturated carbocycles. The lowest BCUT2D eigenvalue weighted by Gasteiger charge is -2.24. The van der Waals surface area contributed by atoms with Crippen molar-refractivity contribution in [3.05, 3.63) is 0 Å². The zero-order chi connectivity index (χ0) is 13.4. The lowest BCUT2D eigenvalue weighted by molar-refractivity contribution is -0.123. The molecular weight excluding hydrogens is 228 g/mol. The minimum atomic E-state index is -0.136. The zero-order valence-electron chi connectivity index (χ0n) is 12.0. The van der Waals surface area contributed by atoms with E-state index in [1.165, 1.54) is 19.3 Å². The molecule has 0 aromatic heterocycles. The third-order valence-corrected chi connectivity index (χ3v) is 3.35. The highest BCUT2D eigenvalue weighted by atomic mass is 16.5. The van der Waals surface area contributed by atoms with Gasteiger partial charge in [0.15, 0.2) is 0 Å². The fourth-order valence-electron chi connectivity index (χ4n) is 2.24. The Labute approximate surface area is 111 Å². The number of carbonyl (C=O) groups is 1. The molecule has 18 heavy (non-hydrogen) atoms. The second-order valence-electron chi connectivity index (χ2n) is 5.44. The molecule has 0 aliphatic heterocycles. The van der Waals surface area contributed by atoms with Crippen LogP contribution < -0.4 is 10.6 Å². The predicted molar refractivity (Wildman–Crippen MR) is 73.6 cm³/mol. The van der Waals surface area contributed by atoms with Crippen molar-refractivity contribution in [3.63, 3.8) is 0 Å². The molecule has 106 valence electrons. The average molecular weight is 256 g/mol. The Kier molecular flexibility index (Phi) is 7.28. The molecule has 4 heteroatoms. The molecule has 0 aromatic carbocycles. The molecular formula is C14H28N2O2. The molecule has 2 N–H and O–H groups in total. The molecule has 0 aromatic rings. The number of rotatable bonds is 7. The van der Waals surface area contributed by atoms with Crippen LogP contribution in [0.15, 0.2) is 0 Å². The highest BCUT2D eigenvalue weighted by Crippen LogP contribution is 2.17. The van der Waals surface area contributed by atoms with Crippen LogP contribution in [0.5, 0.6) is 0 Å². The summed E-state index contributed by atoms with van der Waals surface area (Å²) in [6.07, 6.45) is 6.32. The van der Waals surface area contributed by atoms with Crippen LogP contribution in [0.3, 0.4) is 0 Å². The Morgan fingerprint density at radius 1 is 1.22 bits per heavy atom. The SMILES string of the molecule is CC(C)OCCNC(C)C(=O)NC1CCCCC1. The molecule has 0 heterocycles. The second kappa shape index (κ2) is 8.48. The van der Waals surface area contributed by atoms with E-state index in [1.54, 1.807) is 0 Å². The maximum atomic E-state index is 11.9. The molecule has 0 saturated heterocycles. The maximum Gasteiger partial charge on any atom is 0.237 e. The predicted octanol–water partition coefficient (Wildman–Crippen LogP) is 1.84. The van der Waals surface area contributed by atoms with Crippen molar-refractivity contribution >= 4 is 5.91 Å². The Morgan fingerprint density at radius 3 is 2.50 bits per heavy atom. The molecule has 0 spiro atoms. The minimum absolute atomic E-state index is 0.117. The van der Waals surface area contributed by atoms with E-state index in [0.717, 1.165) is 19.4 Å². The minimum Gasteiger partial charge on any atom is -0.377 e. The van der Waals surface area contributed by atoms with Crippen molar-refractivity contribution in [2.24, 2.45) is 0 Å². The van der Waals surface area contributed by atoms with E-state index < -0.39 is 0 Å². The molecule has 1 fully saturated rings. The van der Waals surface area contributed by atoms with Crippen LogP contribution in [0.25, 0.3) is 0 Å². The standard InChI is InChI=1S/C14H28N2O2/c1-11(2)18-10-9-15-12(3)14(17)16-13-7-5-4-6-8-13/h11-13,15H,4-10H2,1-3H3,(H,16,17). The van der Waals surface area contributed by atoms with Gasteiger partial charge in [-0.3, -0.25) is 4.79 Å². The van der Waals surface area contributed by atoms with Gasteiger partial charge >= 0.3 is 0 Å². The van der Waals surface area contributed by atoms with E-state index in [0.29, 0.717) is 12.6 Å². The number of hydrogen-bond acceptors (Lipinski definition) is 3. The number of carbonyl (C=O) groups excluding carboxylic acids is 1. The molecule has 0 radical (unpaired) electrons. The lowest BCUT2D eigenvalue weighted by atomic mass is 9.95. The van der Waals surface area contributed by atoms with E-state index in [2.05, 4.69) is 10.6 Å². The normalized spacial score (nSPS) is 18.9. The van der Waals surface area contributed by atoms with E-state index in [-0.39, 0.29) is 18.1 Å². The van der Waals surface area contributed by atoms with Crippen LogP contribution in [0.1, 0.15) is 52.9 Å². The van der Waals surface area contributed by atoms with Crippen LogP contribution in [0, 0.1) is 0 Å². The summed E-state index contributed by atoms with van der Waals surface area (Å²) >= 11 is 0. The van der Waals surface area contributed by atoms with Crippen molar-refractivity contribution < 1.29 is 9.53 Å². The summed E-state index contributed by atoms with van der Waals surface area (Å²) in [6, 6.07) is 0.255. The van der Waals surface area contributed by atoms with Gasteiger partial charge in [-0.15, -0.1) is 0 Å². The van der Waals surface area contributed by atoms with Gasteiger partial charge in [-0.25, -0.2) is 0 Å². The zero-order valence-corrected chi connectivity index (χ0v) is 12.0. The highest BCUT2D eigenvalue weighted by molar-refractivity contribution is 5.81. The van der Waals surface area contributed by atoms with Gasteiger partial charge in [0.1, 0.15) is 0 Å². The summed E-state index contributed by atoms with van der Waals surface area (Å²) < 4.78 is 5.43. The van der Waals surface area contributed by atoms with Gasteiger partial charge in [0.2, 0.25) is 5.91 Å². The monoisotopic (exact) mass is 256 g/mol. The van der Waals surface area contributed by atoms with Crippen molar-refractivity contribution in [2.75, 3.05) is 13.2 Å². The smallest absolute Gasteiger partial charge is 0.237 e. The van der Waals surface area contributed by atoms with Gasteiger partial charge in [-0.1, -0.05) is 19.3 Å². The van der Waals surface area contributed by atoms with Crippen LogP contribution >= 0.6 is 0 Å². The molecule has 1 amide bonds. The summed E-state index contributed by atoms with van der Waals surface area (Å²) in [5.74, 6) is 0.117. The summed E-state index contributed by atoms with van der Waals surface area (Å²) in [6.45, 7) is 7.31. The second-order valence-corrected chi connectivity index (χ2v) is 5.44. The van der Waals surface area contributed by atoms with Crippen molar-refractivity contribution in [2.45, 2.75) is 71.1 Å². The van der Waals surface area contributed by atoms with E-state index in [4.69, 9.17) is 4.74 Å². The lowest BCUT2D eigenvalue weighted by Crippen LogP contribution is -2.47. The first kappa shape index (κ1) is 15.4. The molecule has 1 aliphatic rings. The van der Waals surface area contributed by atoms with Crippen molar-refractivity contribution in [1.29, 1.82) is 0 Å². The summed E-state index contributed by atoms with van der Waals surface area (Å²) in [5.41, 5.74) is 0. The number of nitrogens with one attached hydrogen (secondary N) is 2. The molecule has 1 atom stereocenters. The Bertz CT molecular complexity index is 238. The highest BCUT2D eigenvalue weighted by Gasteiger charge is 2.18. The molecule has 1 aliphatic carbocycles. The molecule has 1 unspecified atom stereocenters. The molecule has 0 bridgehead atoms. The van der Waals surface area contributed by atoms with E-state index in [1.807, 2.05) is 20.8 Å². The fraction of sp³-hybridized carbons (Fsp3) is 0.929. The van der Waals surface area contributed by atoms with Gasteiger partial charge in [0, 0.05) is 12.6 Å². The van der Waals surface area contributed by atoms with Gasteiger partial charge in [0.05, 0.1) is 18.8 Å². The number of hydrogen-bond donors (Lipinski definition) is 2. The van der Waals surface area contributed by atoms with E-state index in [9.17, 15) is 4.79 Å². The molecule has 4 nitrogen and oxygen atoms in total.